The molecular weight excluding hydrogens is 449 g/mol. The first-order valence-electron chi connectivity index (χ1n) is 10.4. The van der Waals surface area contributed by atoms with E-state index in [4.69, 9.17) is 16.3 Å². The number of amides is 1. The highest BCUT2D eigenvalue weighted by Crippen LogP contribution is 2.33. The van der Waals surface area contributed by atoms with Gasteiger partial charge in [0.25, 0.3) is 0 Å². The average molecular weight is 473 g/mol. The number of nitrogens with zero attached hydrogens (tertiary/aromatic N) is 3. The summed E-state index contributed by atoms with van der Waals surface area (Å²) in [4.78, 5) is 21.1. The van der Waals surface area contributed by atoms with E-state index >= 15 is 0 Å². The highest BCUT2D eigenvalue weighted by Gasteiger charge is 2.35. The summed E-state index contributed by atoms with van der Waals surface area (Å²) < 4.78 is 18.8. The number of hydrogen-bond acceptors (Lipinski definition) is 6. The van der Waals surface area contributed by atoms with Crippen molar-refractivity contribution in [2.75, 3.05) is 31.3 Å². The third-order valence-electron chi connectivity index (χ3n) is 5.69. The number of ether oxygens (including phenoxy) is 1. The molecule has 0 bridgehead atoms. The first-order chi connectivity index (χ1) is 15.8. The summed E-state index contributed by atoms with van der Waals surface area (Å²) in [5.41, 5.74) is 1.57. The number of carbonyl (C=O) groups excluding carboxylic acids is 1. The van der Waals surface area contributed by atoms with Gasteiger partial charge < -0.3 is 15.4 Å². The second-order valence-corrected chi connectivity index (χ2v) is 8.45. The van der Waals surface area contributed by atoms with Crippen molar-refractivity contribution in [2.45, 2.75) is 18.9 Å². The number of hydroxylamine groups is 3. The van der Waals surface area contributed by atoms with Crippen molar-refractivity contribution in [2.24, 2.45) is 0 Å². The lowest BCUT2D eigenvalue weighted by molar-refractivity contribution is -1.09. The Morgan fingerprint density at radius 1 is 1.33 bits per heavy atom. The lowest BCUT2D eigenvalue weighted by Gasteiger charge is -2.24. The van der Waals surface area contributed by atoms with Gasteiger partial charge in [0, 0.05) is 36.1 Å². The van der Waals surface area contributed by atoms with Crippen molar-refractivity contribution in [1.82, 2.24) is 9.97 Å². The van der Waals surface area contributed by atoms with Crippen LogP contribution in [0.3, 0.4) is 0 Å². The molecule has 0 saturated carbocycles. The summed E-state index contributed by atoms with van der Waals surface area (Å²) in [5, 5.41) is 16.9. The van der Waals surface area contributed by atoms with Gasteiger partial charge >= 0.3 is 0 Å². The maximum absolute atomic E-state index is 13.5. The minimum Gasteiger partial charge on any atom is -0.494 e. The van der Waals surface area contributed by atoms with Gasteiger partial charge in [-0.25, -0.2) is 19.6 Å². The molecule has 10 heteroatoms. The van der Waals surface area contributed by atoms with Gasteiger partial charge in [-0.1, -0.05) is 11.6 Å². The number of halogens is 2. The van der Waals surface area contributed by atoms with Crippen LogP contribution < -0.4 is 15.4 Å². The third kappa shape index (κ3) is 5.05. The van der Waals surface area contributed by atoms with E-state index in [2.05, 4.69) is 20.6 Å². The van der Waals surface area contributed by atoms with Crippen LogP contribution in [0, 0.1) is 5.82 Å². The lowest BCUT2D eigenvalue weighted by Crippen LogP contribution is -2.43. The van der Waals surface area contributed by atoms with Crippen molar-refractivity contribution in [3.8, 4) is 5.75 Å². The van der Waals surface area contributed by atoms with Crippen molar-refractivity contribution < 1.29 is 23.8 Å². The molecule has 1 aliphatic rings. The van der Waals surface area contributed by atoms with Gasteiger partial charge in [-0.15, -0.1) is 0 Å². The number of quaternary nitrogens is 1. The van der Waals surface area contributed by atoms with Crippen LogP contribution in [-0.2, 0) is 4.79 Å². The van der Waals surface area contributed by atoms with E-state index in [1.165, 1.54) is 31.6 Å². The summed E-state index contributed by atoms with van der Waals surface area (Å²) in [6, 6.07) is 7.53. The Hall–Kier alpha value is -3.27. The van der Waals surface area contributed by atoms with Crippen LogP contribution in [0.2, 0.25) is 5.02 Å². The van der Waals surface area contributed by atoms with Gasteiger partial charge in [0.05, 0.1) is 30.4 Å². The standard InChI is InChI=1S/C23H23ClFN5O3/c1-30(32)9-3-4-15(30)6-8-22(31)29-20-11-16-19(12-21(20)33-2)26-13-27-23(16)28-14-5-7-18(25)17(24)10-14/h5-8,10-13,15,32H,3-4,9H2,1-2H3,(H-,26,27,28,29,31)/p+1/b8-6+/t15-,30?/m1/s1. The molecule has 1 aromatic heterocycles. The van der Waals surface area contributed by atoms with Crippen LogP contribution in [0.1, 0.15) is 12.8 Å². The van der Waals surface area contributed by atoms with E-state index in [1.807, 2.05) is 0 Å². The van der Waals surface area contributed by atoms with E-state index in [0.29, 0.717) is 40.4 Å². The largest absolute Gasteiger partial charge is 0.494 e. The summed E-state index contributed by atoms with van der Waals surface area (Å²) >= 11 is 5.88. The summed E-state index contributed by atoms with van der Waals surface area (Å²) in [6.07, 6.45) is 6.26. The summed E-state index contributed by atoms with van der Waals surface area (Å²) in [7, 11) is 3.23. The Morgan fingerprint density at radius 3 is 2.85 bits per heavy atom. The maximum Gasteiger partial charge on any atom is 0.248 e. The molecule has 3 N–H and O–H groups in total. The van der Waals surface area contributed by atoms with Crippen LogP contribution in [0.5, 0.6) is 5.75 Å². The summed E-state index contributed by atoms with van der Waals surface area (Å²) in [6.45, 7) is 0.657. The summed E-state index contributed by atoms with van der Waals surface area (Å²) in [5.74, 6) is 0.0183. The minimum absolute atomic E-state index is 0.0142. The number of anilines is 3. The number of nitrogens with one attached hydrogen (secondary N) is 2. The van der Waals surface area contributed by atoms with Crippen molar-refractivity contribution >= 4 is 45.6 Å². The van der Waals surface area contributed by atoms with Crippen LogP contribution >= 0.6 is 11.6 Å². The fourth-order valence-electron chi connectivity index (χ4n) is 3.88. The van der Waals surface area contributed by atoms with E-state index in [9.17, 15) is 14.4 Å². The van der Waals surface area contributed by atoms with E-state index in [1.54, 1.807) is 31.3 Å². The van der Waals surface area contributed by atoms with Crippen molar-refractivity contribution in [3.63, 3.8) is 0 Å². The second kappa shape index (κ2) is 9.30. The topological polar surface area (TPSA) is 96.4 Å². The monoisotopic (exact) mass is 472 g/mol. The smallest absolute Gasteiger partial charge is 0.248 e. The molecule has 1 saturated heterocycles. The number of carbonyl (C=O) groups is 1. The molecule has 1 fully saturated rings. The molecule has 33 heavy (non-hydrogen) atoms. The third-order valence-corrected chi connectivity index (χ3v) is 5.98. The first kappa shape index (κ1) is 22.9. The Kier molecular flexibility index (Phi) is 6.46. The Morgan fingerprint density at radius 2 is 2.15 bits per heavy atom. The molecule has 1 amide bonds. The van der Waals surface area contributed by atoms with Gasteiger partial charge in [-0.3, -0.25) is 4.79 Å². The van der Waals surface area contributed by atoms with Crippen molar-refractivity contribution in [3.05, 3.63) is 59.7 Å². The van der Waals surface area contributed by atoms with E-state index in [-0.39, 0.29) is 21.6 Å². The highest BCUT2D eigenvalue weighted by molar-refractivity contribution is 6.31. The molecule has 172 valence electrons. The molecule has 4 rings (SSSR count). The van der Waals surface area contributed by atoms with Crippen LogP contribution in [0.15, 0.2) is 48.8 Å². The van der Waals surface area contributed by atoms with Crippen LogP contribution in [0.4, 0.5) is 21.6 Å². The number of rotatable bonds is 6. The molecule has 2 heterocycles. The van der Waals surface area contributed by atoms with E-state index < -0.39 is 5.82 Å². The Balaban J connectivity index is 1.61. The highest BCUT2D eigenvalue weighted by atomic mass is 35.5. The number of likely N-dealkylation sites (N-methyl/N-ethyl adjacent to an activating group) is 1. The van der Waals surface area contributed by atoms with Gasteiger partial charge in [-0.2, -0.15) is 4.65 Å². The zero-order chi connectivity index (χ0) is 23.6. The normalized spacial score (nSPS) is 20.3. The van der Waals surface area contributed by atoms with Gasteiger partial charge in [-0.05, 0) is 30.3 Å². The number of aromatic nitrogens is 2. The molecule has 1 unspecified atom stereocenters. The maximum atomic E-state index is 13.5. The average Bonchev–Trinajstić information content (AvgIpc) is 3.12. The van der Waals surface area contributed by atoms with Gasteiger partial charge in [0.2, 0.25) is 5.91 Å². The zero-order valence-electron chi connectivity index (χ0n) is 18.2. The molecule has 3 aromatic rings. The molecule has 2 aromatic carbocycles. The predicted octanol–water partition coefficient (Wildman–Crippen LogP) is 4.67. The number of fused-ring (bicyclic) bond motifs is 1. The number of hydrogen-bond donors (Lipinski definition) is 3. The van der Waals surface area contributed by atoms with Gasteiger partial charge in [0.1, 0.15) is 36.3 Å². The first-order valence-corrected chi connectivity index (χ1v) is 10.8. The second-order valence-electron chi connectivity index (χ2n) is 8.04. The molecule has 8 nitrogen and oxygen atoms in total. The van der Waals surface area contributed by atoms with E-state index in [0.717, 1.165) is 12.8 Å². The fourth-order valence-corrected chi connectivity index (χ4v) is 4.06. The van der Waals surface area contributed by atoms with Crippen LogP contribution in [0.25, 0.3) is 10.9 Å². The molecular formula is C23H24ClFN5O3+. The number of methoxy groups -OCH3 is 1. The van der Waals surface area contributed by atoms with Crippen molar-refractivity contribution in [1.29, 1.82) is 0 Å². The molecule has 0 radical (unpaired) electrons. The Bertz CT molecular complexity index is 1230. The minimum atomic E-state index is -0.518. The number of likely N-dealkylation sites (tertiary alicyclic amines) is 1. The molecule has 1 aliphatic heterocycles. The predicted molar refractivity (Wildman–Crippen MR) is 124 cm³/mol. The Labute approximate surface area is 195 Å². The molecule has 2 atom stereocenters. The SMILES string of the molecule is COc1cc2ncnc(Nc3ccc(F)c(Cl)c3)c2cc1NC(=O)/C=C/[C@H]1CCC[N+]1(C)O. The zero-order valence-corrected chi connectivity index (χ0v) is 18.9. The van der Waals surface area contributed by atoms with Crippen LogP contribution in [-0.4, -0.2) is 52.5 Å². The van der Waals surface area contributed by atoms with Gasteiger partial charge in [0.15, 0.2) is 0 Å². The fraction of sp³-hybridized carbons (Fsp3) is 0.261. The molecule has 0 aliphatic carbocycles. The quantitative estimate of drug-likeness (QED) is 0.356. The molecule has 0 spiro atoms. The lowest BCUT2D eigenvalue weighted by atomic mass is 10.1. The number of benzene rings is 2.